The Morgan fingerprint density at radius 3 is 1.98 bits per heavy atom. The Balaban J connectivity index is 1.19. The molecule has 8 nitrogen and oxygen atoms in total. The zero-order chi connectivity index (χ0) is 36.8. The lowest BCUT2D eigenvalue weighted by Crippen LogP contribution is -2.39. The second-order valence-electron chi connectivity index (χ2n) is 14.2. The molecule has 5 aromatic carbocycles. The van der Waals surface area contributed by atoms with Crippen LogP contribution in [0.15, 0.2) is 140 Å². The van der Waals surface area contributed by atoms with Crippen LogP contribution in [0.1, 0.15) is 77.3 Å². The maximum atomic E-state index is 10.4. The van der Waals surface area contributed by atoms with Crippen LogP contribution in [0.2, 0.25) is 0 Å². The Hall–Kier alpha value is -6.25. The Morgan fingerprint density at radius 2 is 1.37 bits per heavy atom. The minimum absolute atomic E-state index is 0.107. The van der Waals surface area contributed by atoms with Crippen molar-refractivity contribution in [3.8, 4) is 22.5 Å². The second kappa shape index (κ2) is 13.6. The standard InChI is InChI=1S/C46H41N7O/c1-4-42-48-43-30(2)28-40(31(3)54)47-45(43)52(42)41-27-25-33-29-32(24-26-38(33)41)37-22-14-15-23-39(37)44-49-50-51-53(44)46(34-16-8-5-9-17-34,35-18-10-6-11-19-35)36-20-12-7-13-21-36/h5-24,26,28-29,31,41,54H,4,25,27H2,1-3H3/t31-,41-/m0/s1. The Morgan fingerprint density at radius 1 is 0.759 bits per heavy atom. The molecule has 3 aromatic heterocycles. The van der Waals surface area contributed by atoms with Crippen molar-refractivity contribution in [1.29, 1.82) is 0 Å². The summed E-state index contributed by atoms with van der Waals surface area (Å²) in [5.41, 5.74) is 11.5. The number of tetrazole rings is 1. The molecule has 3 heterocycles. The number of pyridine rings is 1. The van der Waals surface area contributed by atoms with Gasteiger partial charge in [-0.15, -0.1) is 5.10 Å². The molecule has 0 unspecified atom stereocenters. The number of hydrogen-bond acceptors (Lipinski definition) is 6. The molecule has 1 aliphatic rings. The first kappa shape index (κ1) is 33.6. The van der Waals surface area contributed by atoms with Crippen molar-refractivity contribution in [2.45, 2.75) is 57.7 Å². The van der Waals surface area contributed by atoms with E-state index in [9.17, 15) is 5.11 Å². The summed E-state index contributed by atoms with van der Waals surface area (Å²) in [5, 5.41) is 24.4. The molecule has 54 heavy (non-hydrogen) atoms. The van der Waals surface area contributed by atoms with E-state index in [1.165, 1.54) is 11.1 Å². The Bertz CT molecular complexity index is 2500. The molecular formula is C46H41N7O. The summed E-state index contributed by atoms with van der Waals surface area (Å²) in [5.74, 6) is 1.69. The molecule has 0 amide bonds. The van der Waals surface area contributed by atoms with Gasteiger partial charge in [0.1, 0.15) is 16.9 Å². The summed E-state index contributed by atoms with van der Waals surface area (Å²) in [6.45, 7) is 5.97. The normalized spacial score (nSPS) is 14.7. The highest BCUT2D eigenvalue weighted by molar-refractivity contribution is 5.82. The second-order valence-corrected chi connectivity index (χ2v) is 14.2. The fraction of sp³-hybridized carbons (Fsp3) is 0.196. The zero-order valence-electron chi connectivity index (χ0n) is 30.6. The van der Waals surface area contributed by atoms with Crippen molar-refractivity contribution >= 4 is 11.2 Å². The number of aliphatic hydroxyl groups is 1. The van der Waals surface area contributed by atoms with Gasteiger partial charge in [-0.3, -0.25) is 0 Å². The topological polar surface area (TPSA) is 94.5 Å². The van der Waals surface area contributed by atoms with Gasteiger partial charge in [0, 0.05) is 12.0 Å². The zero-order valence-corrected chi connectivity index (χ0v) is 30.6. The van der Waals surface area contributed by atoms with E-state index >= 15 is 0 Å². The van der Waals surface area contributed by atoms with Crippen LogP contribution >= 0.6 is 0 Å². The first-order valence-electron chi connectivity index (χ1n) is 18.7. The number of benzene rings is 5. The molecule has 266 valence electrons. The van der Waals surface area contributed by atoms with E-state index in [0.717, 1.165) is 75.2 Å². The number of nitrogens with zero attached hydrogens (tertiary/aromatic N) is 7. The van der Waals surface area contributed by atoms with Crippen LogP contribution in [-0.2, 0) is 18.4 Å². The molecule has 0 aliphatic heterocycles. The predicted molar refractivity (Wildman–Crippen MR) is 212 cm³/mol. The SMILES string of the molecule is CCc1nc2c(C)cc([C@H](C)O)nc2n1[C@H]1CCc2cc(-c3ccccc3-c3nnnn3C(c3ccccc3)(c3ccccc3)c3ccccc3)ccc21. The number of aromatic nitrogens is 7. The number of aliphatic hydroxyl groups excluding tert-OH is 1. The van der Waals surface area contributed by atoms with Gasteiger partial charge in [-0.1, -0.05) is 140 Å². The van der Waals surface area contributed by atoms with Gasteiger partial charge in [0.05, 0.1) is 17.8 Å². The minimum atomic E-state index is -0.856. The number of aryl methyl sites for hydroxylation is 3. The summed E-state index contributed by atoms with van der Waals surface area (Å²) in [6, 6.07) is 48.9. The lowest BCUT2D eigenvalue weighted by Gasteiger charge is -2.36. The van der Waals surface area contributed by atoms with Gasteiger partial charge in [0.25, 0.3) is 0 Å². The van der Waals surface area contributed by atoms with Gasteiger partial charge in [0.15, 0.2) is 11.5 Å². The van der Waals surface area contributed by atoms with Crippen LogP contribution in [0.25, 0.3) is 33.7 Å². The van der Waals surface area contributed by atoms with Gasteiger partial charge in [0.2, 0.25) is 0 Å². The lowest BCUT2D eigenvalue weighted by atomic mass is 9.77. The maximum Gasteiger partial charge on any atom is 0.184 e. The molecule has 0 bridgehead atoms. The highest BCUT2D eigenvalue weighted by Gasteiger charge is 2.42. The molecular weight excluding hydrogens is 667 g/mol. The molecule has 0 saturated carbocycles. The van der Waals surface area contributed by atoms with E-state index in [1.54, 1.807) is 6.92 Å². The number of fused-ring (bicyclic) bond motifs is 2. The first-order valence-corrected chi connectivity index (χ1v) is 18.7. The highest BCUT2D eigenvalue weighted by atomic mass is 16.3. The molecule has 2 atom stereocenters. The predicted octanol–water partition coefficient (Wildman–Crippen LogP) is 9.05. The quantitative estimate of drug-likeness (QED) is 0.151. The molecule has 0 saturated heterocycles. The van der Waals surface area contributed by atoms with E-state index in [0.29, 0.717) is 11.5 Å². The van der Waals surface area contributed by atoms with Gasteiger partial charge in [-0.25, -0.2) is 14.6 Å². The smallest absolute Gasteiger partial charge is 0.184 e. The molecule has 0 radical (unpaired) electrons. The summed E-state index contributed by atoms with van der Waals surface area (Å²) >= 11 is 0. The van der Waals surface area contributed by atoms with Gasteiger partial charge in [-0.2, -0.15) is 0 Å². The molecule has 0 spiro atoms. The summed E-state index contributed by atoms with van der Waals surface area (Å²) in [4.78, 5) is 9.99. The number of rotatable bonds is 9. The van der Waals surface area contributed by atoms with Gasteiger partial charge < -0.3 is 9.67 Å². The number of hydrogen-bond donors (Lipinski definition) is 1. The van der Waals surface area contributed by atoms with Crippen LogP contribution in [-0.4, -0.2) is 39.8 Å². The van der Waals surface area contributed by atoms with Crippen molar-refractivity contribution in [3.05, 3.63) is 184 Å². The summed E-state index contributed by atoms with van der Waals surface area (Å²) < 4.78 is 4.32. The van der Waals surface area contributed by atoms with Crippen LogP contribution < -0.4 is 0 Å². The third-order valence-corrected chi connectivity index (χ3v) is 11.0. The monoisotopic (exact) mass is 707 g/mol. The fourth-order valence-corrected chi connectivity index (χ4v) is 8.52. The maximum absolute atomic E-state index is 10.4. The Kier molecular flexibility index (Phi) is 8.47. The van der Waals surface area contributed by atoms with Gasteiger partial charge >= 0.3 is 0 Å². The lowest BCUT2D eigenvalue weighted by molar-refractivity contribution is 0.194. The van der Waals surface area contributed by atoms with Crippen LogP contribution in [0.5, 0.6) is 0 Å². The molecule has 0 fully saturated rings. The number of imidazole rings is 1. The third-order valence-electron chi connectivity index (χ3n) is 11.0. The highest BCUT2D eigenvalue weighted by Crippen LogP contribution is 2.45. The molecule has 9 rings (SSSR count). The average Bonchev–Trinajstić information content (AvgIpc) is 3.97. The van der Waals surface area contributed by atoms with E-state index < -0.39 is 11.6 Å². The van der Waals surface area contributed by atoms with Crippen LogP contribution in [0.3, 0.4) is 0 Å². The Labute approximate surface area is 314 Å². The van der Waals surface area contributed by atoms with E-state index in [2.05, 4.69) is 139 Å². The summed E-state index contributed by atoms with van der Waals surface area (Å²) in [6.07, 6.45) is 2.02. The van der Waals surface area contributed by atoms with Gasteiger partial charge in [-0.05, 0) is 87.7 Å². The van der Waals surface area contributed by atoms with Crippen molar-refractivity contribution in [2.24, 2.45) is 0 Å². The fourth-order valence-electron chi connectivity index (χ4n) is 8.52. The third kappa shape index (κ3) is 5.36. The van der Waals surface area contributed by atoms with Crippen molar-refractivity contribution in [1.82, 2.24) is 34.7 Å². The molecule has 8 aromatic rings. The average molecular weight is 708 g/mol. The molecule has 1 N–H and O–H groups in total. The van der Waals surface area contributed by atoms with Crippen molar-refractivity contribution in [2.75, 3.05) is 0 Å². The van der Waals surface area contributed by atoms with E-state index in [-0.39, 0.29) is 6.04 Å². The van der Waals surface area contributed by atoms with E-state index in [4.69, 9.17) is 20.3 Å². The van der Waals surface area contributed by atoms with Crippen molar-refractivity contribution in [3.63, 3.8) is 0 Å². The van der Waals surface area contributed by atoms with Crippen LogP contribution in [0.4, 0.5) is 0 Å². The molecule has 8 heteroatoms. The molecule has 1 aliphatic carbocycles. The largest absolute Gasteiger partial charge is 0.387 e. The first-order chi connectivity index (χ1) is 26.5. The van der Waals surface area contributed by atoms with E-state index in [1.807, 2.05) is 28.9 Å². The minimum Gasteiger partial charge on any atom is -0.387 e. The van der Waals surface area contributed by atoms with Crippen LogP contribution in [0, 0.1) is 6.92 Å². The summed E-state index contributed by atoms with van der Waals surface area (Å²) in [7, 11) is 0. The van der Waals surface area contributed by atoms with Crippen molar-refractivity contribution < 1.29 is 5.11 Å².